The molecule has 0 unspecified atom stereocenters. The largest absolute Gasteiger partial charge is 0.366 e. The molecule has 1 fully saturated rings. The lowest BCUT2D eigenvalue weighted by Gasteiger charge is -2.17. The summed E-state index contributed by atoms with van der Waals surface area (Å²) in [7, 11) is 0. The van der Waals surface area contributed by atoms with Gasteiger partial charge in [-0.15, -0.1) is 5.10 Å². The van der Waals surface area contributed by atoms with Crippen molar-refractivity contribution in [2.24, 2.45) is 0 Å². The van der Waals surface area contributed by atoms with Crippen LogP contribution in [0.5, 0.6) is 0 Å². The van der Waals surface area contributed by atoms with E-state index in [-0.39, 0.29) is 0 Å². The van der Waals surface area contributed by atoms with Crippen LogP contribution in [0, 0.1) is 13.8 Å². The van der Waals surface area contributed by atoms with Crippen molar-refractivity contribution in [2.75, 3.05) is 10.6 Å². The lowest BCUT2D eigenvalue weighted by Crippen LogP contribution is -2.19. The zero-order valence-corrected chi connectivity index (χ0v) is 14.0. The lowest BCUT2D eigenvalue weighted by atomic mass is 10.1. The van der Waals surface area contributed by atoms with E-state index >= 15 is 0 Å². The summed E-state index contributed by atoms with van der Waals surface area (Å²) in [6.45, 7) is 4.16. The molecule has 1 aromatic heterocycles. The van der Waals surface area contributed by atoms with Crippen LogP contribution in [-0.4, -0.2) is 21.2 Å². The van der Waals surface area contributed by atoms with E-state index in [9.17, 15) is 0 Å². The average Bonchev–Trinajstić information content (AvgIpc) is 2.80. The van der Waals surface area contributed by atoms with Gasteiger partial charge in [-0.1, -0.05) is 43.9 Å². The number of anilines is 3. The molecule has 1 aliphatic carbocycles. The van der Waals surface area contributed by atoms with Gasteiger partial charge in [0, 0.05) is 11.7 Å². The molecule has 0 amide bonds. The standard InChI is InChI=1S/C18H25N5/c1-13-8-7-9-14(2)17(13)22-18-21-16(12-19-23-18)20-15-10-5-3-4-6-11-15/h7-9,12,15H,3-6,10-11H2,1-2H3,(H2,20,21,22,23). The van der Waals surface area contributed by atoms with E-state index in [0.29, 0.717) is 12.0 Å². The molecule has 0 aliphatic heterocycles. The van der Waals surface area contributed by atoms with E-state index in [1.807, 2.05) is 0 Å². The minimum atomic E-state index is 0.502. The predicted octanol–water partition coefficient (Wildman–Crippen LogP) is 4.37. The van der Waals surface area contributed by atoms with Crippen molar-refractivity contribution in [1.29, 1.82) is 0 Å². The smallest absolute Gasteiger partial charge is 0.249 e. The fraction of sp³-hybridized carbons (Fsp3) is 0.500. The number of nitrogens with one attached hydrogen (secondary N) is 2. The highest BCUT2D eigenvalue weighted by atomic mass is 15.3. The Labute approximate surface area is 137 Å². The number of para-hydroxylation sites is 1. The van der Waals surface area contributed by atoms with Gasteiger partial charge in [0.1, 0.15) is 0 Å². The van der Waals surface area contributed by atoms with Crippen LogP contribution in [0.15, 0.2) is 24.4 Å². The van der Waals surface area contributed by atoms with E-state index in [4.69, 9.17) is 0 Å². The van der Waals surface area contributed by atoms with Gasteiger partial charge in [-0.25, -0.2) is 0 Å². The van der Waals surface area contributed by atoms with Gasteiger partial charge in [0.05, 0.1) is 6.20 Å². The first-order valence-electron chi connectivity index (χ1n) is 8.52. The summed E-state index contributed by atoms with van der Waals surface area (Å²) >= 11 is 0. The van der Waals surface area contributed by atoms with E-state index in [2.05, 4.69) is 57.9 Å². The molecule has 5 nitrogen and oxygen atoms in total. The van der Waals surface area contributed by atoms with E-state index in [0.717, 1.165) is 11.5 Å². The summed E-state index contributed by atoms with van der Waals surface area (Å²) in [4.78, 5) is 4.58. The Kier molecular flexibility index (Phi) is 5.05. The summed E-state index contributed by atoms with van der Waals surface area (Å²) in [6, 6.07) is 6.72. The molecule has 5 heteroatoms. The maximum absolute atomic E-state index is 4.58. The van der Waals surface area contributed by atoms with Gasteiger partial charge in [0.25, 0.3) is 0 Å². The minimum Gasteiger partial charge on any atom is -0.366 e. The van der Waals surface area contributed by atoms with Crippen molar-refractivity contribution in [3.63, 3.8) is 0 Å². The Hall–Kier alpha value is -2.17. The van der Waals surface area contributed by atoms with Gasteiger partial charge in [-0.3, -0.25) is 0 Å². The van der Waals surface area contributed by atoms with Crippen LogP contribution in [0.4, 0.5) is 17.5 Å². The Morgan fingerprint density at radius 2 is 1.70 bits per heavy atom. The summed E-state index contributed by atoms with van der Waals surface area (Å²) < 4.78 is 0. The van der Waals surface area contributed by atoms with Gasteiger partial charge >= 0.3 is 0 Å². The number of aryl methyl sites for hydroxylation is 2. The Morgan fingerprint density at radius 1 is 1.00 bits per heavy atom. The normalized spacial score (nSPS) is 15.9. The number of nitrogens with zero attached hydrogens (tertiary/aromatic N) is 3. The highest BCUT2D eigenvalue weighted by Crippen LogP contribution is 2.23. The fourth-order valence-corrected chi connectivity index (χ4v) is 3.18. The number of aromatic nitrogens is 3. The maximum Gasteiger partial charge on any atom is 0.249 e. The van der Waals surface area contributed by atoms with Gasteiger partial charge in [0.15, 0.2) is 5.82 Å². The molecule has 1 saturated carbocycles. The molecular formula is C18H25N5. The second-order valence-corrected chi connectivity index (χ2v) is 6.39. The van der Waals surface area contributed by atoms with Crippen LogP contribution in [-0.2, 0) is 0 Å². The zero-order chi connectivity index (χ0) is 16.1. The molecule has 3 rings (SSSR count). The Morgan fingerprint density at radius 3 is 2.39 bits per heavy atom. The molecule has 122 valence electrons. The highest BCUT2D eigenvalue weighted by Gasteiger charge is 2.13. The van der Waals surface area contributed by atoms with E-state index < -0.39 is 0 Å². The van der Waals surface area contributed by atoms with Gasteiger partial charge < -0.3 is 10.6 Å². The lowest BCUT2D eigenvalue weighted by molar-refractivity contribution is 0.617. The molecule has 1 aromatic carbocycles. The SMILES string of the molecule is Cc1cccc(C)c1Nc1nncc(NC2CCCCCC2)n1. The Bertz CT molecular complexity index is 627. The molecule has 23 heavy (non-hydrogen) atoms. The average molecular weight is 311 g/mol. The third-order valence-corrected chi connectivity index (χ3v) is 4.48. The summed E-state index contributed by atoms with van der Waals surface area (Å²) in [6.07, 6.45) is 9.42. The molecule has 2 N–H and O–H groups in total. The molecular weight excluding hydrogens is 286 g/mol. The van der Waals surface area contributed by atoms with Crippen molar-refractivity contribution < 1.29 is 0 Å². The van der Waals surface area contributed by atoms with Crippen molar-refractivity contribution in [3.8, 4) is 0 Å². The molecule has 1 heterocycles. The Balaban J connectivity index is 1.72. The molecule has 0 bridgehead atoms. The summed E-state index contributed by atoms with van der Waals surface area (Å²) in [5.74, 6) is 1.35. The third kappa shape index (κ3) is 4.18. The van der Waals surface area contributed by atoms with Crippen LogP contribution in [0.1, 0.15) is 49.7 Å². The van der Waals surface area contributed by atoms with E-state index in [1.54, 1.807) is 6.20 Å². The quantitative estimate of drug-likeness (QED) is 0.821. The fourth-order valence-electron chi connectivity index (χ4n) is 3.18. The van der Waals surface area contributed by atoms with Gasteiger partial charge in [-0.05, 0) is 37.8 Å². The highest BCUT2D eigenvalue weighted by molar-refractivity contribution is 5.63. The first-order chi connectivity index (χ1) is 11.2. The zero-order valence-electron chi connectivity index (χ0n) is 14.0. The number of benzene rings is 1. The van der Waals surface area contributed by atoms with Crippen LogP contribution in [0.25, 0.3) is 0 Å². The third-order valence-electron chi connectivity index (χ3n) is 4.48. The first-order valence-corrected chi connectivity index (χ1v) is 8.52. The summed E-state index contributed by atoms with van der Waals surface area (Å²) in [5, 5.41) is 15.0. The van der Waals surface area contributed by atoms with E-state index in [1.165, 1.54) is 49.7 Å². The summed E-state index contributed by atoms with van der Waals surface area (Å²) in [5.41, 5.74) is 3.41. The second kappa shape index (κ2) is 7.40. The van der Waals surface area contributed by atoms with Crippen molar-refractivity contribution >= 4 is 17.5 Å². The van der Waals surface area contributed by atoms with Crippen LogP contribution < -0.4 is 10.6 Å². The number of hydrogen-bond acceptors (Lipinski definition) is 5. The second-order valence-electron chi connectivity index (χ2n) is 6.39. The molecule has 0 spiro atoms. The van der Waals surface area contributed by atoms with Crippen LogP contribution in [0.3, 0.4) is 0 Å². The van der Waals surface area contributed by atoms with Crippen molar-refractivity contribution in [1.82, 2.24) is 15.2 Å². The first kappa shape index (κ1) is 15.7. The molecule has 0 saturated heterocycles. The topological polar surface area (TPSA) is 62.7 Å². The van der Waals surface area contributed by atoms with Crippen LogP contribution >= 0.6 is 0 Å². The van der Waals surface area contributed by atoms with Crippen molar-refractivity contribution in [3.05, 3.63) is 35.5 Å². The number of hydrogen-bond donors (Lipinski definition) is 2. The van der Waals surface area contributed by atoms with Crippen LogP contribution in [0.2, 0.25) is 0 Å². The molecule has 2 aromatic rings. The monoisotopic (exact) mass is 311 g/mol. The van der Waals surface area contributed by atoms with Gasteiger partial charge in [-0.2, -0.15) is 10.1 Å². The molecule has 0 radical (unpaired) electrons. The molecule has 0 atom stereocenters. The van der Waals surface area contributed by atoms with Gasteiger partial charge in [0.2, 0.25) is 5.95 Å². The number of rotatable bonds is 4. The predicted molar refractivity (Wildman–Crippen MR) is 94.1 cm³/mol. The molecule has 1 aliphatic rings. The maximum atomic E-state index is 4.58. The van der Waals surface area contributed by atoms with Crippen molar-refractivity contribution in [2.45, 2.75) is 58.4 Å². The minimum absolute atomic E-state index is 0.502.